The minimum Gasteiger partial charge on any atom is -0.281 e. The molecule has 2 heteroatoms. The molecule has 1 nitrogen and oxygen atoms in total. The Hall–Kier alpha value is -0.300. The van der Waals surface area contributed by atoms with E-state index in [1.807, 2.05) is 6.92 Å². The number of halogens is 1. The minimum atomic E-state index is -0.236. The zero-order chi connectivity index (χ0) is 8.85. The maximum atomic E-state index is 10.4. The Morgan fingerprint density at radius 3 is 2.45 bits per heavy atom. The molecule has 0 spiro atoms. The summed E-state index contributed by atoms with van der Waals surface area (Å²) in [5.74, 6) is 0.370. The Labute approximate surface area is 73.4 Å². The van der Waals surface area contributed by atoms with Crippen molar-refractivity contribution >= 4 is 16.8 Å². The van der Waals surface area contributed by atoms with Gasteiger partial charge in [0.15, 0.2) is 0 Å². The van der Waals surface area contributed by atoms with Crippen molar-refractivity contribution in [2.45, 2.75) is 33.6 Å². The highest BCUT2D eigenvalue weighted by Crippen LogP contribution is 2.11. The zero-order valence-electron chi connectivity index (χ0n) is 7.36. The van der Waals surface area contributed by atoms with Crippen LogP contribution in [0.15, 0.2) is 11.6 Å². The summed E-state index contributed by atoms with van der Waals surface area (Å²) in [7, 11) is 0. The molecule has 0 aromatic carbocycles. The smallest absolute Gasteiger partial charge is 0.221 e. The van der Waals surface area contributed by atoms with Gasteiger partial charge in [0.2, 0.25) is 5.24 Å². The van der Waals surface area contributed by atoms with Gasteiger partial charge in [-0.2, -0.15) is 0 Å². The van der Waals surface area contributed by atoms with Gasteiger partial charge in [0.1, 0.15) is 0 Å². The predicted molar refractivity (Wildman–Crippen MR) is 48.7 cm³/mol. The minimum absolute atomic E-state index is 0.236. The fraction of sp³-hybridized carbons (Fsp3) is 0.667. The second kappa shape index (κ2) is 5.36. The molecule has 0 radical (unpaired) electrons. The lowest BCUT2D eigenvalue weighted by Crippen LogP contribution is -1.98. The molecule has 0 amide bonds. The monoisotopic (exact) mass is 174 g/mol. The lowest BCUT2D eigenvalue weighted by molar-refractivity contribution is -0.112. The highest BCUT2D eigenvalue weighted by Gasteiger charge is 2.04. The molecule has 0 unspecified atom stereocenters. The largest absolute Gasteiger partial charge is 0.281 e. The van der Waals surface area contributed by atoms with Crippen molar-refractivity contribution in [3.8, 4) is 0 Å². The molecule has 0 aliphatic heterocycles. The van der Waals surface area contributed by atoms with Gasteiger partial charge < -0.3 is 0 Å². The van der Waals surface area contributed by atoms with Crippen molar-refractivity contribution in [2.24, 2.45) is 5.92 Å². The molecule has 0 saturated heterocycles. The average Bonchev–Trinajstić information content (AvgIpc) is 1.82. The van der Waals surface area contributed by atoms with E-state index in [9.17, 15) is 4.79 Å². The van der Waals surface area contributed by atoms with E-state index in [0.29, 0.717) is 12.3 Å². The molecule has 0 aromatic rings. The van der Waals surface area contributed by atoms with E-state index in [1.165, 1.54) is 5.57 Å². The van der Waals surface area contributed by atoms with Gasteiger partial charge in [-0.1, -0.05) is 18.6 Å². The summed E-state index contributed by atoms with van der Waals surface area (Å²) in [5, 5.41) is -0.236. The van der Waals surface area contributed by atoms with E-state index >= 15 is 0 Å². The molecule has 1 atom stereocenters. The third kappa shape index (κ3) is 7.60. The van der Waals surface area contributed by atoms with Gasteiger partial charge in [0, 0.05) is 6.42 Å². The van der Waals surface area contributed by atoms with Crippen LogP contribution in [0.3, 0.4) is 0 Å². The fourth-order valence-electron chi connectivity index (χ4n) is 0.794. The van der Waals surface area contributed by atoms with Crippen LogP contribution in [0.25, 0.3) is 0 Å². The lowest BCUT2D eigenvalue weighted by Gasteiger charge is -2.03. The Kier molecular flexibility index (Phi) is 5.22. The first-order valence-electron chi connectivity index (χ1n) is 3.84. The van der Waals surface area contributed by atoms with Gasteiger partial charge in [-0.3, -0.25) is 4.79 Å². The lowest BCUT2D eigenvalue weighted by atomic mass is 10.0. The first kappa shape index (κ1) is 10.7. The average molecular weight is 175 g/mol. The number of hydrogen-bond donors (Lipinski definition) is 0. The third-order valence-electron chi connectivity index (χ3n) is 1.44. The summed E-state index contributed by atoms with van der Waals surface area (Å²) in [5.41, 5.74) is 1.29. The molecule has 11 heavy (non-hydrogen) atoms. The molecule has 0 fully saturated rings. The quantitative estimate of drug-likeness (QED) is 0.473. The predicted octanol–water partition coefficient (Wildman–Crippen LogP) is 3.13. The molecular weight excluding hydrogens is 160 g/mol. The normalized spacial score (nSPS) is 12.4. The van der Waals surface area contributed by atoms with Crippen LogP contribution >= 0.6 is 11.6 Å². The Morgan fingerprint density at radius 2 is 2.09 bits per heavy atom. The number of hydrogen-bond acceptors (Lipinski definition) is 1. The van der Waals surface area contributed by atoms with Crippen molar-refractivity contribution in [2.75, 3.05) is 0 Å². The van der Waals surface area contributed by atoms with E-state index in [4.69, 9.17) is 11.6 Å². The van der Waals surface area contributed by atoms with Crippen LogP contribution in [0.5, 0.6) is 0 Å². The maximum Gasteiger partial charge on any atom is 0.221 e. The van der Waals surface area contributed by atoms with Crippen molar-refractivity contribution in [3.05, 3.63) is 11.6 Å². The number of carbonyl (C=O) groups is 1. The second-order valence-electron chi connectivity index (χ2n) is 3.18. The van der Waals surface area contributed by atoms with E-state index < -0.39 is 0 Å². The first-order valence-corrected chi connectivity index (χ1v) is 4.22. The summed E-state index contributed by atoms with van der Waals surface area (Å²) in [6.45, 7) is 6.13. The Balaban J connectivity index is 3.61. The third-order valence-corrected chi connectivity index (χ3v) is 1.59. The van der Waals surface area contributed by atoms with Crippen LogP contribution < -0.4 is 0 Å². The van der Waals surface area contributed by atoms with Crippen LogP contribution in [-0.4, -0.2) is 5.24 Å². The van der Waals surface area contributed by atoms with Crippen molar-refractivity contribution in [1.29, 1.82) is 0 Å². The molecule has 0 saturated carbocycles. The zero-order valence-corrected chi connectivity index (χ0v) is 8.11. The molecule has 0 rings (SSSR count). The van der Waals surface area contributed by atoms with Crippen LogP contribution in [0, 0.1) is 5.92 Å². The molecule has 0 aromatic heterocycles. The molecule has 0 bridgehead atoms. The molecule has 0 aliphatic carbocycles. The van der Waals surface area contributed by atoms with E-state index in [0.717, 1.165) is 6.42 Å². The highest BCUT2D eigenvalue weighted by atomic mass is 35.5. The van der Waals surface area contributed by atoms with Crippen molar-refractivity contribution in [1.82, 2.24) is 0 Å². The molecule has 0 aliphatic rings. The van der Waals surface area contributed by atoms with E-state index in [-0.39, 0.29) is 5.24 Å². The van der Waals surface area contributed by atoms with Crippen LogP contribution in [0.4, 0.5) is 0 Å². The summed E-state index contributed by atoms with van der Waals surface area (Å²) in [4.78, 5) is 10.4. The number of rotatable bonds is 4. The van der Waals surface area contributed by atoms with Crippen molar-refractivity contribution in [3.63, 3.8) is 0 Å². The molecule has 0 N–H and O–H groups in total. The molecule has 0 heterocycles. The summed E-state index contributed by atoms with van der Waals surface area (Å²) < 4.78 is 0. The van der Waals surface area contributed by atoms with Gasteiger partial charge in [0.25, 0.3) is 0 Å². The fourth-order valence-corrected chi connectivity index (χ4v) is 1.06. The first-order chi connectivity index (χ1) is 5.02. The Bertz CT molecular complexity index is 157. The van der Waals surface area contributed by atoms with Crippen molar-refractivity contribution < 1.29 is 4.79 Å². The standard InChI is InChI=1S/C9H15ClO/c1-7(2)4-5-8(3)6-9(10)11/h4,8H,5-6H2,1-3H3/t8-/m1/s1. The van der Waals surface area contributed by atoms with Gasteiger partial charge >= 0.3 is 0 Å². The van der Waals surface area contributed by atoms with E-state index in [2.05, 4.69) is 19.9 Å². The summed E-state index contributed by atoms with van der Waals surface area (Å²) in [6.07, 6.45) is 3.55. The Morgan fingerprint density at radius 1 is 1.55 bits per heavy atom. The highest BCUT2D eigenvalue weighted by molar-refractivity contribution is 6.63. The van der Waals surface area contributed by atoms with Gasteiger partial charge in [0.05, 0.1) is 0 Å². The molecule has 64 valence electrons. The van der Waals surface area contributed by atoms with Gasteiger partial charge in [-0.25, -0.2) is 0 Å². The molecular formula is C9H15ClO. The topological polar surface area (TPSA) is 17.1 Å². The van der Waals surface area contributed by atoms with Gasteiger partial charge in [-0.15, -0.1) is 0 Å². The van der Waals surface area contributed by atoms with Crippen LogP contribution in [0.2, 0.25) is 0 Å². The number of allylic oxidation sites excluding steroid dienone is 2. The number of carbonyl (C=O) groups excluding carboxylic acids is 1. The maximum absolute atomic E-state index is 10.4. The second-order valence-corrected chi connectivity index (χ2v) is 3.60. The van der Waals surface area contributed by atoms with Crippen LogP contribution in [0.1, 0.15) is 33.6 Å². The van der Waals surface area contributed by atoms with Gasteiger partial charge in [-0.05, 0) is 37.8 Å². The van der Waals surface area contributed by atoms with E-state index in [1.54, 1.807) is 0 Å². The van der Waals surface area contributed by atoms with Crippen LogP contribution in [-0.2, 0) is 4.79 Å². The SMILES string of the molecule is CC(C)=CC[C@@H](C)CC(=O)Cl. The summed E-state index contributed by atoms with van der Waals surface area (Å²) in [6, 6.07) is 0. The summed E-state index contributed by atoms with van der Waals surface area (Å²) >= 11 is 5.23.